The second-order valence-corrected chi connectivity index (χ2v) is 4.95. The largest absolute Gasteiger partial charge is 0.394 e. The van der Waals surface area contributed by atoms with Crippen LogP contribution in [-0.2, 0) is 0 Å². The van der Waals surface area contributed by atoms with E-state index >= 15 is 0 Å². The lowest BCUT2D eigenvalue weighted by atomic mass is 10.1. The lowest BCUT2D eigenvalue weighted by molar-refractivity contribution is 0.0860. The van der Waals surface area contributed by atoms with Gasteiger partial charge in [-0.3, -0.25) is 4.79 Å². The smallest absolute Gasteiger partial charge is 0.290 e. The van der Waals surface area contributed by atoms with Crippen LogP contribution in [-0.4, -0.2) is 28.8 Å². The zero-order valence-corrected chi connectivity index (χ0v) is 11.5. The zero-order valence-electron chi connectivity index (χ0n) is 11.5. The minimum atomic E-state index is -0.368. The van der Waals surface area contributed by atoms with Gasteiger partial charge in [0.2, 0.25) is 5.76 Å². The summed E-state index contributed by atoms with van der Waals surface area (Å²) in [6.07, 6.45) is 0. The fraction of sp³-hybridized carbons (Fsp3) is 0.333. The molecular weight excluding hydrogens is 256 g/mol. The van der Waals surface area contributed by atoms with E-state index < -0.39 is 0 Å². The number of rotatable bonds is 5. The van der Waals surface area contributed by atoms with Crippen molar-refractivity contribution in [3.63, 3.8) is 0 Å². The topological polar surface area (TPSA) is 75.4 Å². The summed E-state index contributed by atoms with van der Waals surface area (Å²) >= 11 is 0. The van der Waals surface area contributed by atoms with Crippen LogP contribution in [0, 0.1) is 5.92 Å². The van der Waals surface area contributed by atoms with Gasteiger partial charge in [-0.05, 0) is 5.92 Å². The quantitative estimate of drug-likeness (QED) is 0.875. The molecule has 0 aliphatic heterocycles. The van der Waals surface area contributed by atoms with Crippen molar-refractivity contribution in [2.24, 2.45) is 5.92 Å². The van der Waals surface area contributed by atoms with Crippen LogP contribution in [0.25, 0.3) is 11.3 Å². The van der Waals surface area contributed by atoms with Crippen LogP contribution < -0.4 is 5.32 Å². The molecule has 2 aromatic rings. The first-order valence-electron chi connectivity index (χ1n) is 6.55. The molecule has 0 saturated heterocycles. The van der Waals surface area contributed by atoms with Gasteiger partial charge in [0, 0.05) is 11.6 Å². The molecule has 0 fully saturated rings. The van der Waals surface area contributed by atoms with Crippen molar-refractivity contribution in [3.8, 4) is 11.3 Å². The van der Waals surface area contributed by atoms with Gasteiger partial charge in [-0.15, -0.1) is 0 Å². The number of benzene rings is 1. The normalized spacial score (nSPS) is 12.4. The Morgan fingerprint density at radius 3 is 2.65 bits per heavy atom. The summed E-state index contributed by atoms with van der Waals surface area (Å²) < 4.78 is 5.06. The molecule has 0 saturated carbocycles. The molecule has 0 aliphatic rings. The second kappa shape index (κ2) is 6.34. The Labute approximate surface area is 117 Å². The Morgan fingerprint density at radius 1 is 1.35 bits per heavy atom. The maximum Gasteiger partial charge on any atom is 0.290 e. The third-order valence-corrected chi connectivity index (χ3v) is 3.12. The van der Waals surface area contributed by atoms with E-state index in [1.165, 1.54) is 0 Å². The van der Waals surface area contributed by atoms with Gasteiger partial charge in [-0.2, -0.15) is 0 Å². The molecule has 0 bridgehead atoms. The van der Waals surface area contributed by atoms with E-state index in [0.717, 1.165) is 5.56 Å². The molecule has 5 nitrogen and oxygen atoms in total. The van der Waals surface area contributed by atoms with E-state index in [1.807, 2.05) is 44.2 Å². The van der Waals surface area contributed by atoms with Crippen molar-refractivity contribution in [1.29, 1.82) is 0 Å². The highest BCUT2D eigenvalue weighted by molar-refractivity contribution is 5.92. The summed E-state index contributed by atoms with van der Waals surface area (Å²) in [4.78, 5) is 12.0. The zero-order chi connectivity index (χ0) is 14.5. The monoisotopic (exact) mass is 274 g/mol. The molecule has 1 amide bonds. The van der Waals surface area contributed by atoms with Crippen molar-refractivity contribution >= 4 is 5.91 Å². The Bertz CT molecular complexity index is 564. The summed E-state index contributed by atoms with van der Waals surface area (Å²) in [5, 5.41) is 15.8. The van der Waals surface area contributed by atoms with Gasteiger partial charge in [-0.25, -0.2) is 0 Å². The summed E-state index contributed by atoms with van der Waals surface area (Å²) in [6.45, 7) is 3.75. The summed E-state index contributed by atoms with van der Waals surface area (Å²) in [7, 11) is 0. The van der Waals surface area contributed by atoms with E-state index in [9.17, 15) is 9.90 Å². The SMILES string of the molecule is CC(C)C(CO)NC(=O)c1cc(-c2ccccc2)no1. The third kappa shape index (κ3) is 3.24. The van der Waals surface area contributed by atoms with Gasteiger partial charge in [0.25, 0.3) is 5.91 Å². The summed E-state index contributed by atoms with van der Waals surface area (Å²) in [6, 6.07) is 10.8. The van der Waals surface area contributed by atoms with Crippen molar-refractivity contribution in [2.75, 3.05) is 6.61 Å². The molecule has 1 atom stereocenters. The van der Waals surface area contributed by atoms with Crippen LogP contribution in [0.4, 0.5) is 0 Å². The number of hydrogen-bond acceptors (Lipinski definition) is 4. The van der Waals surface area contributed by atoms with Gasteiger partial charge < -0.3 is 14.9 Å². The fourth-order valence-corrected chi connectivity index (χ4v) is 1.79. The van der Waals surface area contributed by atoms with Crippen LogP contribution in [0.5, 0.6) is 0 Å². The van der Waals surface area contributed by atoms with Crippen molar-refractivity contribution < 1.29 is 14.4 Å². The van der Waals surface area contributed by atoms with Gasteiger partial charge >= 0.3 is 0 Å². The number of nitrogens with zero attached hydrogens (tertiary/aromatic N) is 1. The number of amides is 1. The molecule has 2 rings (SSSR count). The Hall–Kier alpha value is -2.14. The minimum absolute atomic E-state index is 0.108. The summed E-state index contributed by atoms with van der Waals surface area (Å²) in [5.41, 5.74) is 1.50. The standard InChI is InChI=1S/C15H18N2O3/c1-10(2)13(9-18)16-15(19)14-8-12(17-20-14)11-6-4-3-5-7-11/h3-8,10,13,18H,9H2,1-2H3,(H,16,19). The Kier molecular flexibility index (Phi) is 4.53. The molecule has 0 aliphatic carbocycles. The second-order valence-electron chi connectivity index (χ2n) is 4.95. The van der Waals surface area contributed by atoms with Gasteiger partial charge in [0.15, 0.2) is 0 Å². The Balaban J connectivity index is 2.11. The first-order chi connectivity index (χ1) is 9.61. The molecule has 106 valence electrons. The fourth-order valence-electron chi connectivity index (χ4n) is 1.79. The molecule has 20 heavy (non-hydrogen) atoms. The van der Waals surface area contributed by atoms with Crippen LogP contribution in [0.1, 0.15) is 24.4 Å². The van der Waals surface area contributed by atoms with E-state index in [1.54, 1.807) is 6.07 Å². The maximum atomic E-state index is 12.0. The minimum Gasteiger partial charge on any atom is -0.394 e. The van der Waals surface area contributed by atoms with Crippen molar-refractivity contribution in [1.82, 2.24) is 10.5 Å². The van der Waals surface area contributed by atoms with E-state index in [2.05, 4.69) is 10.5 Å². The molecule has 1 unspecified atom stereocenters. The molecule has 2 N–H and O–H groups in total. The molecule has 0 radical (unpaired) electrons. The van der Waals surface area contributed by atoms with E-state index in [0.29, 0.717) is 5.69 Å². The third-order valence-electron chi connectivity index (χ3n) is 3.12. The van der Waals surface area contributed by atoms with Gasteiger partial charge in [-0.1, -0.05) is 49.3 Å². The molecule has 5 heteroatoms. The lowest BCUT2D eigenvalue weighted by Gasteiger charge is -2.18. The van der Waals surface area contributed by atoms with Gasteiger partial charge in [0.05, 0.1) is 12.6 Å². The Morgan fingerprint density at radius 2 is 2.05 bits per heavy atom. The predicted molar refractivity (Wildman–Crippen MR) is 75.1 cm³/mol. The average Bonchev–Trinajstić information content (AvgIpc) is 2.95. The first-order valence-corrected chi connectivity index (χ1v) is 6.55. The lowest BCUT2D eigenvalue weighted by Crippen LogP contribution is -2.41. The molecule has 1 aromatic carbocycles. The highest BCUT2D eigenvalue weighted by atomic mass is 16.5. The number of aliphatic hydroxyl groups is 1. The highest BCUT2D eigenvalue weighted by Gasteiger charge is 2.19. The van der Waals surface area contributed by atoms with Crippen LogP contribution in [0.15, 0.2) is 40.9 Å². The van der Waals surface area contributed by atoms with Crippen LogP contribution in [0.3, 0.4) is 0 Å². The average molecular weight is 274 g/mol. The number of hydrogen-bond donors (Lipinski definition) is 2. The molecule has 1 heterocycles. The number of nitrogens with one attached hydrogen (secondary N) is 1. The first kappa shape index (κ1) is 14.3. The van der Waals surface area contributed by atoms with Gasteiger partial charge in [0.1, 0.15) is 5.69 Å². The maximum absolute atomic E-state index is 12.0. The predicted octanol–water partition coefficient (Wildman–Crippen LogP) is 2.09. The molecule has 0 spiro atoms. The number of aliphatic hydroxyl groups excluding tert-OH is 1. The van der Waals surface area contributed by atoms with E-state index in [4.69, 9.17) is 4.52 Å². The van der Waals surface area contributed by atoms with Crippen molar-refractivity contribution in [2.45, 2.75) is 19.9 Å². The number of carbonyl (C=O) groups is 1. The van der Waals surface area contributed by atoms with Crippen LogP contribution in [0.2, 0.25) is 0 Å². The molecular formula is C15H18N2O3. The van der Waals surface area contributed by atoms with Crippen LogP contribution >= 0.6 is 0 Å². The van der Waals surface area contributed by atoms with Crippen molar-refractivity contribution in [3.05, 3.63) is 42.2 Å². The highest BCUT2D eigenvalue weighted by Crippen LogP contribution is 2.18. The van der Waals surface area contributed by atoms with E-state index in [-0.39, 0.29) is 30.2 Å². The summed E-state index contributed by atoms with van der Waals surface area (Å²) in [5.74, 6) is -0.0872. The number of aromatic nitrogens is 1. The molecule has 1 aromatic heterocycles. The number of carbonyl (C=O) groups excluding carboxylic acids is 1.